The molecule has 0 aliphatic heterocycles. The summed E-state index contributed by atoms with van der Waals surface area (Å²) in [4.78, 5) is 50.3. The van der Waals surface area contributed by atoms with Gasteiger partial charge in [0.25, 0.3) is 5.56 Å². The van der Waals surface area contributed by atoms with Gasteiger partial charge in [-0.2, -0.15) is 0 Å². The Balaban J connectivity index is 1.39. The van der Waals surface area contributed by atoms with Gasteiger partial charge in [0.1, 0.15) is 11.3 Å². The van der Waals surface area contributed by atoms with Crippen molar-refractivity contribution in [2.24, 2.45) is 11.3 Å². The number of Topliss-reactive ketones (excluding diaryl/α,β-unsaturated/α-hetero) is 1. The molecule has 37 heavy (non-hydrogen) atoms. The van der Waals surface area contributed by atoms with Crippen LogP contribution in [0.4, 0.5) is 0 Å². The number of aryl methyl sites for hydroxylation is 1. The normalized spacial score (nSPS) is 13.6. The Morgan fingerprint density at radius 3 is 2.57 bits per heavy atom. The fourth-order valence-corrected chi connectivity index (χ4v) is 4.08. The van der Waals surface area contributed by atoms with Crippen LogP contribution in [0.25, 0.3) is 21.9 Å². The van der Waals surface area contributed by atoms with E-state index in [2.05, 4.69) is 15.5 Å². The van der Waals surface area contributed by atoms with Crippen molar-refractivity contribution in [3.63, 3.8) is 0 Å². The number of carbonyl (C=O) groups excluding carboxylic acids is 1. The van der Waals surface area contributed by atoms with Crippen LogP contribution in [0.1, 0.15) is 36.2 Å². The van der Waals surface area contributed by atoms with E-state index in [0.717, 1.165) is 17.5 Å². The highest BCUT2D eigenvalue weighted by Gasteiger charge is 2.49. The van der Waals surface area contributed by atoms with Gasteiger partial charge >= 0.3 is 11.9 Å². The fourth-order valence-electron chi connectivity index (χ4n) is 4.08. The first-order valence-electron chi connectivity index (χ1n) is 11.6. The summed E-state index contributed by atoms with van der Waals surface area (Å²) in [6, 6.07) is 11.2. The van der Waals surface area contributed by atoms with Crippen LogP contribution in [0.5, 0.6) is 5.75 Å². The SMILES string of the molecule is O=C(CC(CCn1nnc2ccccc2c1=O)(C(=O)O)C(=O)O)c1noc2cc(OCC3CC3)ccc12. The van der Waals surface area contributed by atoms with Gasteiger partial charge in [-0.15, -0.1) is 5.10 Å². The molecule has 2 aromatic heterocycles. The van der Waals surface area contributed by atoms with Gasteiger partial charge < -0.3 is 19.5 Å². The number of ether oxygens (including phenoxy) is 1. The number of fused-ring (bicyclic) bond motifs is 2. The monoisotopic (exact) mass is 506 g/mol. The molecule has 2 N–H and O–H groups in total. The number of hydrogen-bond acceptors (Lipinski definition) is 9. The maximum absolute atomic E-state index is 13.1. The van der Waals surface area contributed by atoms with Gasteiger partial charge in [-0.1, -0.05) is 22.5 Å². The lowest BCUT2D eigenvalue weighted by Crippen LogP contribution is -2.43. The molecule has 0 bridgehead atoms. The topological polar surface area (TPSA) is 175 Å². The van der Waals surface area contributed by atoms with Crippen LogP contribution in [0.3, 0.4) is 0 Å². The molecule has 1 saturated carbocycles. The number of hydrogen-bond donors (Lipinski definition) is 2. The van der Waals surface area contributed by atoms with Gasteiger partial charge in [0.2, 0.25) is 0 Å². The molecular weight excluding hydrogens is 484 g/mol. The predicted octanol–water partition coefficient (Wildman–Crippen LogP) is 2.54. The highest BCUT2D eigenvalue weighted by atomic mass is 16.5. The third-order valence-electron chi connectivity index (χ3n) is 6.55. The van der Waals surface area contributed by atoms with Crippen molar-refractivity contribution >= 4 is 39.6 Å². The molecule has 4 aromatic rings. The van der Waals surface area contributed by atoms with Crippen LogP contribution in [-0.2, 0) is 16.1 Å². The van der Waals surface area contributed by atoms with Crippen molar-refractivity contribution in [2.45, 2.75) is 32.2 Å². The number of benzene rings is 2. The van der Waals surface area contributed by atoms with E-state index in [0.29, 0.717) is 29.2 Å². The standard InChI is InChI=1S/C25H22N4O8/c30-19(21-17-8-7-15(11-20(17)37-27-21)36-13-14-5-6-14)12-25(23(32)33,24(34)35)9-10-29-22(31)16-3-1-2-4-18(16)26-28-29/h1-4,7-8,11,14H,5-6,9-10,12-13H2,(H,32,33)(H,34,35). The molecule has 2 aromatic carbocycles. The first-order chi connectivity index (χ1) is 17.8. The van der Waals surface area contributed by atoms with Crippen molar-refractivity contribution in [3.8, 4) is 5.75 Å². The highest BCUT2D eigenvalue weighted by Crippen LogP contribution is 2.33. The predicted molar refractivity (Wildman–Crippen MR) is 127 cm³/mol. The van der Waals surface area contributed by atoms with Crippen LogP contribution in [0, 0.1) is 11.3 Å². The smallest absolute Gasteiger partial charge is 0.321 e. The highest BCUT2D eigenvalue weighted by molar-refractivity contribution is 6.10. The van der Waals surface area contributed by atoms with Crippen molar-refractivity contribution < 1.29 is 33.9 Å². The van der Waals surface area contributed by atoms with Gasteiger partial charge in [-0.25, -0.2) is 4.68 Å². The van der Waals surface area contributed by atoms with Gasteiger partial charge in [0, 0.05) is 19.0 Å². The molecule has 1 aliphatic rings. The maximum atomic E-state index is 13.1. The molecule has 12 heteroatoms. The van der Waals surface area contributed by atoms with Gasteiger partial charge in [0.05, 0.1) is 17.4 Å². The summed E-state index contributed by atoms with van der Waals surface area (Å²) in [6.45, 7) is 0.194. The quantitative estimate of drug-likeness (QED) is 0.226. The number of carboxylic acid groups (broad SMARTS) is 2. The van der Waals surface area contributed by atoms with E-state index in [4.69, 9.17) is 9.26 Å². The average Bonchev–Trinajstić information content (AvgIpc) is 3.62. The van der Waals surface area contributed by atoms with Gasteiger partial charge in [-0.05, 0) is 49.4 Å². The summed E-state index contributed by atoms with van der Waals surface area (Å²) in [6.07, 6.45) is 0.751. The molecule has 190 valence electrons. The van der Waals surface area contributed by atoms with Crippen LogP contribution >= 0.6 is 0 Å². The first kappa shape index (κ1) is 24.1. The molecule has 0 unspecified atom stereocenters. The number of carboxylic acids is 2. The summed E-state index contributed by atoms with van der Waals surface area (Å²) in [5, 5.41) is 31.8. The Labute approximate surface area is 208 Å². The van der Waals surface area contributed by atoms with Gasteiger partial charge in [-0.3, -0.25) is 19.2 Å². The second-order valence-corrected chi connectivity index (χ2v) is 9.12. The van der Waals surface area contributed by atoms with Crippen LogP contribution < -0.4 is 10.3 Å². The molecule has 2 heterocycles. The van der Waals surface area contributed by atoms with E-state index >= 15 is 0 Å². The minimum Gasteiger partial charge on any atom is -0.493 e. The minimum absolute atomic E-state index is 0.182. The summed E-state index contributed by atoms with van der Waals surface area (Å²) in [5.74, 6) is -3.19. The summed E-state index contributed by atoms with van der Waals surface area (Å²) in [5.41, 5.74) is -2.67. The Bertz CT molecular complexity index is 1570. The molecule has 1 aliphatic carbocycles. The molecule has 0 saturated heterocycles. The van der Waals surface area contributed by atoms with Crippen molar-refractivity contribution in [3.05, 3.63) is 58.5 Å². The molecule has 0 spiro atoms. The lowest BCUT2D eigenvalue weighted by atomic mass is 9.79. The molecule has 0 amide bonds. The number of carbonyl (C=O) groups is 3. The second kappa shape index (κ2) is 9.45. The van der Waals surface area contributed by atoms with Crippen molar-refractivity contribution in [2.75, 3.05) is 6.61 Å². The van der Waals surface area contributed by atoms with E-state index in [1.165, 1.54) is 6.07 Å². The van der Waals surface area contributed by atoms with E-state index in [1.807, 2.05) is 0 Å². The van der Waals surface area contributed by atoms with Crippen molar-refractivity contribution in [1.82, 2.24) is 20.2 Å². The molecule has 0 radical (unpaired) electrons. The van der Waals surface area contributed by atoms with E-state index in [-0.39, 0.29) is 23.2 Å². The first-order valence-corrected chi connectivity index (χ1v) is 11.6. The Morgan fingerprint density at radius 2 is 1.84 bits per heavy atom. The fraction of sp³-hybridized carbons (Fsp3) is 0.320. The van der Waals surface area contributed by atoms with Crippen LogP contribution in [0.2, 0.25) is 0 Å². The third kappa shape index (κ3) is 4.65. The number of aromatic nitrogens is 4. The van der Waals surface area contributed by atoms with E-state index in [9.17, 15) is 29.4 Å². The Hall–Kier alpha value is -4.61. The van der Waals surface area contributed by atoms with Gasteiger partial charge in [0.15, 0.2) is 22.5 Å². The Kier molecular flexibility index (Phi) is 6.15. The minimum atomic E-state index is -2.54. The lowest BCUT2D eigenvalue weighted by Gasteiger charge is -2.23. The lowest BCUT2D eigenvalue weighted by molar-refractivity contribution is -0.165. The molecule has 5 rings (SSSR count). The molecule has 0 atom stereocenters. The van der Waals surface area contributed by atoms with E-state index < -0.39 is 41.5 Å². The average molecular weight is 506 g/mol. The number of nitrogens with zero attached hydrogens (tertiary/aromatic N) is 4. The number of aliphatic carboxylic acids is 2. The van der Waals surface area contributed by atoms with Crippen LogP contribution in [0.15, 0.2) is 51.8 Å². The molecule has 1 fully saturated rings. The molecule has 12 nitrogen and oxygen atoms in total. The summed E-state index contributed by atoms with van der Waals surface area (Å²) < 4.78 is 11.8. The second-order valence-electron chi connectivity index (χ2n) is 9.12. The zero-order valence-electron chi connectivity index (χ0n) is 19.5. The zero-order valence-corrected chi connectivity index (χ0v) is 19.5. The largest absolute Gasteiger partial charge is 0.493 e. The molecular formula is C25H22N4O8. The maximum Gasteiger partial charge on any atom is 0.321 e. The Morgan fingerprint density at radius 1 is 1.08 bits per heavy atom. The summed E-state index contributed by atoms with van der Waals surface area (Å²) >= 11 is 0. The van der Waals surface area contributed by atoms with Crippen LogP contribution in [-0.4, -0.2) is 54.7 Å². The van der Waals surface area contributed by atoms with Crippen molar-refractivity contribution in [1.29, 1.82) is 0 Å². The zero-order chi connectivity index (χ0) is 26.2. The third-order valence-corrected chi connectivity index (χ3v) is 6.55. The summed E-state index contributed by atoms with van der Waals surface area (Å²) in [7, 11) is 0. The van der Waals surface area contributed by atoms with E-state index in [1.54, 1.807) is 36.4 Å². The number of ketones is 1. The number of rotatable bonds is 11.